The van der Waals surface area contributed by atoms with E-state index in [1.165, 1.54) is 6.08 Å². The largest absolute Gasteiger partial charge is 0.494 e. The van der Waals surface area contributed by atoms with Gasteiger partial charge < -0.3 is 9.64 Å². The average molecular weight is 320 g/mol. The van der Waals surface area contributed by atoms with Crippen LogP contribution in [0, 0.1) is 11.3 Å². The van der Waals surface area contributed by atoms with Gasteiger partial charge in [-0.1, -0.05) is 30.3 Å². The average Bonchev–Trinajstić information content (AvgIpc) is 2.62. The lowest BCUT2D eigenvalue weighted by Crippen LogP contribution is -2.30. The van der Waals surface area contributed by atoms with Gasteiger partial charge in [0.1, 0.15) is 5.75 Å². The molecular weight excluding hydrogens is 300 g/mol. The van der Waals surface area contributed by atoms with Gasteiger partial charge in [0.25, 0.3) is 5.91 Å². The Morgan fingerprint density at radius 3 is 2.50 bits per heavy atom. The molecule has 0 aliphatic heterocycles. The monoisotopic (exact) mass is 320 g/mol. The second-order valence-electron chi connectivity index (χ2n) is 5.07. The lowest BCUT2D eigenvalue weighted by atomic mass is 10.2. The van der Waals surface area contributed by atoms with Gasteiger partial charge in [-0.2, -0.15) is 5.26 Å². The van der Waals surface area contributed by atoms with Gasteiger partial charge in [0.15, 0.2) is 0 Å². The summed E-state index contributed by atoms with van der Waals surface area (Å²) in [6, 6.07) is 19.0. The Labute approximate surface area is 142 Å². The zero-order chi connectivity index (χ0) is 17.2. The van der Waals surface area contributed by atoms with Gasteiger partial charge in [0.05, 0.1) is 19.1 Å². The van der Waals surface area contributed by atoms with Crippen LogP contribution in [0.5, 0.6) is 5.75 Å². The van der Waals surface area contributed by atoms with Crippen LogP contribution in [0.3, 0.4) is 0 Å². The van der Waals surface area contributed by atoms with E-state index in [1.807, 2.05) is 61.5 Å². The Morgan fingerprint density at radius 2 is 1.88 bits per heavy atom. The molecule has 0 aromatic heterocycles. The maximum Gasteiger partial charge on any atom is 0.251 e. The second-order valence-corrected chi connectivity index (χ2v) is 5.07. The van der Waals surface area contributed by atoms with Gasteiger partial charge in [-0.15, -0.1) is 0 Å². The molecule has 2 aromatic carbocycles. The van der Waals surface area contributed by atoms with Crippen LogP contribution in [0.15, 0.2) is 60.7 Å². The van der Waals surface area contributed by atoms with Gasteiger partial charge in [0.2, 0.25) is 0 Å². The van der Waals surface area contributed by atoms with Crippen LogP contribution < -0.4 is 9.64 Å². The third-order valence-electron chi connectivity index (χ3n) is 3.39. The molecule has 0 saturated carbocycles. The minimum Gasteiger partial charge on any atom is -0.494 e. The number of nitrogens with zero attached hydrogens (tertiary/aromatic N) is 2. The summed E-state index contributed by atoms with van der Waals surface area (Å²) in [7, 11) is 0. The van der Waals surface area contributed by atoms with Crippen molar-refractivity contribution in [3.8, 4) is 11.8 Å². The zero-order valence-electron chi connectivity index (χ0n) is 13.7. The van der Waals surface area contributed by atoms with E-state index in [2.05, 4.69) is 6.07 Å². The summed E-state index contributed by atoms with van der Waals surface area (Å²) in [5.41, 5.74) is 1.70. The van der Waals surface area contributed by atoms with E-state index in [4.69, 9.17) is 10.00 Å². The van der Waals surface area contributed by atoms with Gasteiger partial charge in [0, 0.05) is 18.3 Å². The Kier molecular flexibility index (Phi) is 6.60. The highest BCUT2D eigenvalue weighted by Gasteiger charge is 2.13. The van der Waals surface area contributed by atoms with Crippen LogP contribution in [0.4, 0.5) is 5.69 Å². The molecule has 0 saturated heterocycles. The number of ether oxygens (including phenoxy) is 1. The Bertz CT molecular complexity index is 716. The van der Waals surface area contributed by atoms with Crippen molar-refractivity contribution in [2.24, 2.45) is 0 Å². The van der Waals surface area contributed by atoms with Crippen molar-refractivity contribution in [2.75, 3.05) is 18.1 Å². The highest BCUT2D eigenvalue weighted by Crippen LogP contribution is 2.20. The predicted molar refractivity (Wildman–Crippen MR) is 95.7 cm³/mol. The third-order valence-corrected chi connectivity index (χ3v) is 3.39. The van der Waals surface area contributed by atoms with E-state index in [9.17, 15) is 4.79 Å². The second kappa shape index (κ2) is 9.16. The summed E-state index contributed by atoms with van der Waals surface area (Å²) in [6.07, 6.45) is 3.58. The highest BCUT2D eigenvalue weighted by atomic mass is 16.5. The lowest BCUT2D eigenvalue weighted by molar-refractivity contribution is -0.114. The molecule has 0 radical (unpaired) electrons. The minimum atomic E-state index is -0.154. The van der Waals surface area contributed by atoms with Gasteiger partial charge in [-0.05, 0) is 42.8 Å². The molecule has 24 heavy (non-hydrogen) atoms. The molecule has 0 unspecified atom stereocenters. The Hall–Kier alpha value is -3.06. The first-order valence-electron chi connectivity index (χ1n) is 7.89. The molecule has 122 valence electrons. The molecule has 1 amide bonds. The van der Waals surface area contributed by atoms with Crippen molar-refractivity contribution in [3.05, 3.63) is 66.2 Å². The highest BCUT2D eigenvalue weighted by molar-refractivity contribution is 6.03. The SMILES string of the molecule is CCOc1ccc(N(CCC#N)C(=O)/C=C/c2ccccc2)cc1. The smallest absolute Gasteiger partial charge is 0.251 e. The van der Waals surface area contributed by atoms with Crippen LogP contribution in [-0.2, 0) is 4.79 Å². The number of hydrogen-bond donors (Lipinski definition) is 0. The first-order chi connectivity index (χ1) is 11.7. The van der Waals surface area contributed by atoms with E-state index in [-0.39, 0.29) is 12.3 Å². The summed E-state index contributed by atoms with van der Waals surface area (Å²) in [5, 5.41) is 8.84. The number of hydrogen-bond acceptors (Lipinski definition) is 3. The van der Waals surface area contributed by atoms with Crippen molar-refractivity contribution >= 4 is 17.7 Å². The normalized spacial score (nSPS) is 10.3. The molecule has 0 spiro atoms. The zero-order valence-corrected chi connectivity index (χ0v) is 13.7. The van der Waals surface area contributed by atoms with Crippen molar-refractivity contribution in [2.45, 2.75) is 13.3 Å². The Balaban J connectivity index is 2.16. The van der Waals surface area contributed by atoms with Crippen molar-refractivity contribution < 1.29 is 9.53 Å². The van der Waals surface area contributed by atoms with Gasteiger partial charge >= 0.3 is 0 Å². The van der Waals surface area contributed by atoms with Crippen molar-refractivity contribution in [1.82, 2.24) is 0 Å². The molecule has 2 rings (SSSR count). The summed E-state index contributed by atoms with van der Waals surface area (Å²) in [4.78, 5) is 14.1. The molecule has 0 bridgehead atoms. The van der Waals surface area contributed by atoms with Crippen LogP contribution in [0.2, 0.25) is 0 Å². The maximum absolute atomic E-state index is 12.5. The molecular formula is C20H20N2O2. The molecule has 0 fully saturated rings. The molecule has 0 aliphatic carbocycles. The molecule has 0 atom stereocenters. The summed E-state index contributed by atoms with van der Waals surface area (Å²) >= 11 is 0. The van der Waals surface area contributed by atoms with Crippen LogP contribution in [-0.4, -0.2) is 19.1 Å². The topological polar surface area (TPSA) is 53.3 Å². The fourth-order valence-electron chi connectivity index (χ4n) is 2.24. The van der Waals surface area contributed by atoms with Gasteiger partial charge in [-0.25, -0.2) is 0 Å². The standard InChI is InChI=1S/C20H20N2O2/c1-2-24-19-12-10-18(11-13-19)22(16-6-15-21)20(23)14-9-17-7-4-3-5-8-17/h3-5,7-14H,2,6,16H2,1H3/b14-9+. The van der Waals surface area contributed by atoms with Crippen LogP contribution in [0.1, 0.15) is 18.9 Å². The van der Waals surface area contributed by atoms with Crippen LogP contribution >= 0.6 is 0 Å². The number of nitriles is 1. The number of carbonyl (C=O) groups is 1. The number of benzene rings is 2. The van der Waals surface area contributed by atoms with E-state index in [0.29, 0.717) is 13.2 Å². The minimum absolute atomic E-state index is 0.154. The molecule has 0 N–H and O–H groups in total. The molecule has 4 heteroatoms. The first kappa shape index (κ1) is 17.3. The van der Waals surface area contributed by atoms with E-state index >= 15 is 0 Å². The van der Waals surface area contributed by atoms with E-state index in [1.54, 1.807) is 11.0 Å². The summed E-state index contributed by atoms with van der Waals surface area (Å²) in [6.45, 7) is 2.86. The number of amides is 1. The molecule has 4 nitrogen and oxygen atoms in total. The maximum atomic E-state index is 12.5. The fourth-order valence-corrected chi connectivity index (χ4v) is 2.24. The lowest BCUT2D eigenvalue weighted by Gasteiger charge is -2.20. The van der Waals surface area contributed by atoms with Crippen molar-refractivity contribution in [3.63, 3.8) is 0 Å². The number of anilines is 1. The van der Waals surface area contributed by atoms with Crippen LogP contribution in [0.25, 0.3) is 6.08 Å². The third kappa shape index (κ3) is 4.99. The first-order valence-corrected chi connectivity index (χ1v) is 7.89. The van der Waals surface area contributed by atoms with E-state index < -0.39 is 0 Å². The van der Waals surface area contributed by atoms with E-state index in [0.717, 1.165) is 17.0 Å². The summed E-state index contributed by atoms with van der Waals surface area (Å²) < 4.78 is 5.42. The molecule has 0 heterocycles. The Morgan fingerprint density at radius 1 is 1.17 bits per heavy atom. The number of rotatable bonds is 7. The molecule has 2 aromatic rings. The van der Waals surface area contributed by atoms with Gasteiger partial charge in [-0.3, -0.25) is 4.79 Å². The number of carbonyl (C=O) groups excluding carboxylic acids is 1. The van der Waals surface area contributed by atoms with Crippen molar-refractivity contribution in [1.29, 1.82) is 5.26 Å². The molecule has 0 aliphatic rings. The summed E-state index contributed by atoms with van der Waals surface area (Å²) in [5.74, 6) is 0.604. The fraction of sp³-hybridized carbons (Fsp3) is 0.200. The quantitative estimate of drug-likeness (QED) is 0.723. The predicted octanol–water partition coefficient (Wildman–Crippen LogP) is 4.05.